The summed E-state index contributed by atoms with van der Waals surface area (Å²) in [5.74, 6) is 0.726. The average Bonchev–Trinajstić information content (AvgIpc) is 1.82. The summed E-state index contributed by atoms with van der Waals surface area (Å²) in [6.45, 7) is 2.28. The zero-order chi connectivity index (χ0) is 7.90. The van der Waals surface area contributed by atoms with E-state index in [9.17, 15) is 0 Å². The smallest absolute Gasteiger partial charge is 0.0197 e. The van der Waals surface area contributed by atoms with Crippen molar-refractivity contribution in [1.82, 2.24) is 0 Å². The fourth-order valence-electron chi connectivity index (χ4n) is 2.72. The Hall–Kier alpha value is -0.300. The zero-order valence-electron chi connectivity index (χ0n) is 7.27. The van der Waals surface area contributed by atoms with E-state index in [1.54, 1.807) is 5.57 Å². The third-order valence-electron chi connectivity index (χ3n) is 3.00. The molecule has 2 rings (SSSR count). The fourth-order valence-corrected chi connectivity index (χ4v) is 2.72. The van der Waals surface area contributed by atoms with Crippen molar-refractivity contribution in [3.05, 3.63) is 11.6 Å². The first-order valence-corrected chi connectivity index (χ1v) is 4.66. The van der Waals surface area contributed by atoms with Crippen molar-refractivity contribution in [2.75, 3.05) is 0 Å². The highest BCUT2D eigenvalue weighted by Gasteiger charge is 2.34. The Balaban J connectivity index is 2.24. The zero-order valence-corrected chi connectivity index (χ0v) is 7.27. The fraction of sp³-hybridized carbons (Fsp3) is 0.800. The molecule has 0 spiro atoms. The molecule has 0 aromatic rings. The van der Waals surface area contributed by atoms with Crippen LogP contribution in [0.3, 0.4) is 0 Å². The first kappa shape index (κ1) is 7.35. The lowest BCUT2D eigenvalue weighted by atomic mass is 9.70. The summed E-state index contributed by atoms with van der Waals surface area (Å²) in [5.41, 5.74) is 8.05. The number of hydrogen-bond donors (Lipinski definition) is 1. The molecule has 2 atom stereocenters. The van der Waals surface area contributed by atoms with Crippen molar-refractivity contribution in [2.45, 2.75) is 44.6 Å². The summed E-state index contributed by atoms with van der Waals surface area (Å²) in [7, 11) is 0. The topological polar surface area (TPSA) is 26.0 Å². The van der Waals surface area contributed by atoms with Crippen molar-refractivity contribution in [1.29, 1.82) is 0 Å². The van der Waals surface area contributed by atoms with Gasteiger partial charge in [-0.15, -0.1) is 0 Å². The second-order valence-corrected chi connectivity index (χ2v) is 4.40. The van der Waals surface area contributed by atoms with Crippen LogP contribution in [0.4, 0.5) is 0 Å². The maximum absolute atomic E-state index is 6.25. The monoisotopic (exact) mass is 151 g/mol. The van der Waals surface area contributed by atoms with E-state index in [4.69, 9.17) is 5.73 Å². The predicted octanol–water partition coefficient (Wildman–Crippen LogP) is 2.22. The van der Waals surface area contributed by atoms with E-state index in [0.717, 1.165) is 5.92 Å². The van der Waals surface area contributed by atoms with Crippen LogP contribution >= 0.6 is 0 Å². The van der Waals surface area contributed by atoms with Crippen LogP contribution in [0.25, 0.3) is 0 Å². The number of nitrogens with two attached hydrogens (primary N) is 1. The molecule has 0 aromatic heterocycles. The van der Waals surface area contributed by atoms with E-state index < -0.39 is 0 Å². The highest BCUT2D eigenvalue weighted by molar-refractivity contribution is 5.18. The molecule has 0 amide bonds. The van der Waals surface area contributed by atoms with Gasteiger partial charge in [-0.25, -0.2) is 0 Å². The molecule has 1 nitrogen and oxygen atoms in total. The Morgan fingerprint density at radius 3 is 3.18 bits per heavy atom. The normalized spacial score (nSPS) is 43.5. The summed E-state index contributed by atoms with van der Waals surface area (Å²) in [6.07, 6.45) is 8.69. The van der Waals surface area contributed by atoms with Gasteiger partial charge in [-0.3, -0.25) is 0 Å². The van der Waals surface area contributed by atoms with Crippen LogP contribution in [0.5, 0.6) is 0 Å². The van der Waals surface area contributed by atoms with Crippen molar-refractivity contribution >= 4 is 0 Å². The van der Waals surface area contributed by atoms with E-state index in [0.29, 0.717) is 0 Å². The largest absolute Gasteiger partial charge is 0.325 e. The summed E-state index contributed by atoms with van der Waals surface area (Å²) in [6, 6.07) is 0. The van der Waals surface area contributed by atoms with Crippen LogP contribution < -0.4 is 5.73 Å². The molecular weight excluding hydrogens is 134 g/mol. The predicted molar refractivity (Wildman–Crippen MR) is 47.3 cm³/mol. The van der Waals surface area contributed by atoms with E-state index in [1.807, 2.05) is 0 Å². The molecular formula is C10H17N. The molecule has 0 aliphatic heterocycles. The van der Waals surface area contributed by atoms with Crippen molar-refractivity contribution in [3.63, 3.8) is 0 Å². The quantitative estimate of drug-likeness (QED) is 0.528. The van der Waals surface area contributed by atoms with Gasteiger partial charge in [-0.1, -0.05) is 18.6 Å². The molecule has 0 radical (unpaired) electrons. The molecule has 1 fully saturated rings. The first-order chi connectivity index (χ1) is 5.18. The van der Waals surface area contributed by atoms with Gasteiger partial charge in [0.15, 0.2) is 0 Å². The van der Waals surface area contributed by atoms with Gasteiger partial charge in [0.2, 0.25) is 0 Å². The Bertz CT molecular complexity index is 195. The molecule has 2 aliphatic rings. The van der Waals surface area contributed by atoms with Crippen LogP contribution in [0.1, 0.15) is 39.0 Å². The third-order valence-corrected chi connectivity index (χ3v) is 3.00. The summed E-state index contributed by atoms with van der Waals surface area (Å²) < 4.78 is 0. The number of allylic oxidation sites excluding steroid dienone is 1. The molecule has 0 saturated heterocycles. The lowest BCUT2D eigenvalue weighted by molar-refractivity contribution is 0.275. The molecule has 2 unspecified atom stereocenters. The van der Waals surface area contributed by atoms with Crippen LogP contribution in [0.15, 0.2) is 11.6 Å². The molecule has 1 saturated carbocycles. The van der Waals surface area contributed by atoms with E-state index in [-0.39, 0.29) is 5.54 Å². The average molecular weight is 151 g/mol. The molecule has 62 valence electrons. The van der Waals surface area contributed by atoms with Crippen LogP contribution in [0.2, 0.25) is 0 Å². The minimum Gasteiger partial charge on any atom is -0.325 e. The highest BCUT2D eigenvalue weighted by atomic mass is 14.8. The molecule has 2 N–H and O–H groups in total. The Morgan fingerprint density at radius 1 is 1.64 bits per heavy atom. The van der Waals surface area contributed by atoms with Gasteiger partial charge in [0.1, 0.15) is 0 Å². The first-order valence-electron chi connectivity index (χ1n) is 4.66. The Morgan fingerprint density at radius 2 is 2.45 bits per heavy atom. The molecule has 0 aromatic carbocycles. The van der Waals surface area contributed by atoms with E-state index in [2.05, 4.69) is 13.0 Å². The molecule has 1 heteroatoms. The summed E-state index contributed by atoms with van der Waals surface area (Å²) >= 11 is 0. The lowest BCUT2D eigenvalue weighted by Gasteiger charge is -2.40. The molecule has 2 aliphatic carbocycles. The minimum atomic E-state index is 0.182. The van der Waals surface area contributed by atoms with E-state index >= 15 is 0 Å². The van der Waals surface area contributed by atoms with Gasteiger partial charge >= 0.3 is 0 Å². The van der Waals surface area contributed by atoms with E-state index in [1.165, 1.54) is 32.1 Å². The maximum Gasteiger partial charge on any atom is 0.0197 e. The van der Waals surface area contributed by atoms with Gasteiger partial charge in [0.05, 0.1) is 0 Å². The Labute approximate surface area is 68.7 Å². The van der Waals surface area contributed by atoms with Crippen molar-refractivity contribution in [3.8, 4) is 0 Å². The summed E-state index contributed by atoms with van der Waals surface area (Å²) in [5, 5.41) is 0. The van der Waals surface area contributed by atoms with Gasteiger partial charge in [0, 0.05) is 5.54 Å². The third kappa shape index (κ3) is 1.34. The molecule has 2 bridgehead atoms. The number of rotatable bonds is 0. The second-order valence-electron chi connectivity index (χ2n) is 4.40. The maximum atomic E-state index is 6.25. The van der Waals surface area contributed by atoms with Crippen molar-refractivity contribution in [2.24, 2.45) is 11.7 Å². The van der Waals surface area contributed by atoms with Crippen LogP contribution in [-0.4, -0.2) is 5.54 Å². The van der Waals surface area contributed by atoms with Gasteiger partial charge in [-0.05, 0) is 38.0 Å². The molecule has 11 heavy (non-hydrogen) atoms. The lowest BCUT2D eigenvalue weighted by Crippen LogP contribution is -2.45. The van der Waals surface area contributed by atoms with Gasteiger partial charge < -0.3 is 5.73 Å². The van der Waals surface area contributed by atoms with Gasteiger partial charge in [-0.2, -0.15) is 0 Å². The summed E-state index contributed by atoms with van der Waals surface area (Å²) in [4.78, 5) is 0. The van der Waals surface area contributed by atoms with Crippen LogP contribution in [-0.2, 0) is 0 Å². The van der Waals surface area contributed by atoms with Crippen LogP contribution in [0, 0.1) is 5.92 Å². The highest BCUT2D eigenvalue weighted by Crippen LogP contribution is 2.39. The Kier molecular flexibility index (Phi) is 1.57. The molecule has 0 heterocycles. The SMILES string of the molecule is CC1C=C2CCCC(N)(C2)C1. The number of hydrogen-bond acceptors (Lipinski definition) is 1. The second kappa shape index (κ2) is 2.34. The standard InChI is InChI=1S/C10H17N/c1-8-5-9-3-2-4-10(11,6-8)7-9/h5,8H,2-4,6-7,11H2,1H3. The van der Waals surface area contributed by atoms with Crippen molar-refractivity contribution < 1.29 is 0 Å². The minimum absolute atomic E-state index is 0.182. The number of fused-ring (bicyclic) bond motifs is 2. The van der Waals surface area contributed by atoms with Gasteiger partial charge in [0.25, 0.3) is 0 Å².